The van der Waals surface area contributed by atoms with E-state index >= 15 is 0 Å². The molecule has 0 unspecified atom stereocenters. The topological polar surface area (TPSA) is 68.3 Å². The third-order valence-corrected chi connectivity index (χ3v) is 3.58. The zero-order valence-corrected chi connectivity index (χ0v) is 14.8. The fourth-order valence-electron chi connectivity index (χ4n) is 2.38. The molecule has 6 nitrogen and oxygen atoms in total. The van der Waals surface area contributed by atoms with Gasteiger partial charge in [0.1, 0.15) is 17.5 Å². The van der Waals surface area contributed by atoms with E-state index in [-0.39, 0.29) is 0 Å². The highest BCUT2D eigenvalue weighted by Gasteiger charge is 2.07. The molecule has 0 aliphatic heterocycles. The first-order chi connectivity index (χ1) is 11.7. The van der Waals surface area contributed by atoms with E-state index in [1.165, 1.54) is 12.8 Å². The number of aromatic nitrogens is 2. The Labute approximate surface area is 143 Å². The van der Waals surface area contributed by atoms with Gasteiger partial charge >= 0.3 is 0 Å². The molecular formula is C18H26N4O2. The van der Waals surface area contributed by atoms with E-state index in [0.717, 1.165) is 36.1 Å². The van der Waals surface area contributed by atoms with Crippen molar-refractivity contribution in [1.82, 2.24) is 9.97 Å². The molecule has 0 fully saturated rings. The average Bonchev–Trinajstić information content (AvgIpc) is 2.58. The second-order valence-corrected chi connectivity index (χ2v) is 5.51. The highest BCUT2D eigenvalue weighted by molar-refractivity contribution is 5.63. The summed E-state index contributed by atoms with van der Waals surface area (Å²) in [5.41, 5.74) is 0.877. The number of methoxy groups -OCH3 is 2. The van der Waals surface area contributed by atoms with E-state index < -0.39 is 0 Å². The smallest absolute Gasteiger partial charge is 0.162 e. The third kappa shape index (κ3) is 5.01. The first-order valence-electron chi connectivity index (χ1n) is 8.25. The molecule has 0 atom stereocenters. The number of hydrogen-bond acceptors (Lipinski definition) is 6. The minimum absolute atomic E-state index is 0.672. The van der Waals surface area contributed by atoms with Gasteiger partial charge in [0.15, 0.2) is 11.5 Å². The standard InChI is InChI=1S/C18H26N4O2/c1-5-6-7-10-19-17-12-18(21-13(2)20-17)22-14-8-9-15(23-3)16(11-14)24-4/h8-9,11-12H,5-7,10H2,1-4H3,(H2,19,20,21,22). The van der Waals surface area contributed by atoms with Gasteiger partial charge in [-0.3, -0.25) is 0 Å². The summed E-state index contributed by atoms with van der Waals surface area (Å²) in [6.45, 7) is 5.00. The molecule has 6 heteroatoms. The summed E-state index contributed by atoms with van der Waals surface area (Å²) in [5.74, 6) is 3.67. The third-order valence-electron chi connectivity index (χ3n) is 3.58. The van der Waals surface area contributed by atoms with Gasteiger partial charge in [-0.05, 0) is 25.5 Å². The molecule has 24 heavy (non-hydrogen) atoms. The summed E-state index contributed by atoms with van der Waals surface area (Å²) in [5, 5.41) is 6.64. The Morgan fingerprint density at radius 3 is 2.42 bits per heavy atom. The van der Waals surface area contributed by atoms with Gasteiger partial charge in [-0.1, -0.05) is 19.8 Å². The largest absolute Gasteiger partial charge is 0.493 e. The lowest BCUT2D eigenvalue weighted by atomic mass is 10.2. The highest BCUT2D eigenvalue weighted by Crippen LogP contribution is 2.31. The summed E-state index contributed by atoms with van der Waals surface area (Å²) in [7, 11) is 3.24. The number of benzene rings is 1. The predicted octanol–water partition coefficient (Wildman–Crippen LogP) is 4.15. The lowest BCUT2D eigenvalue weighted by Gasteiger charge is -2.12. The second kappa shape index (κ2) is 8.96. The number of unbranched alkanes of at least 4 members (excludes halogenated alkanes) is 2. The maximum absolute atomic E-state index is 5.33. The van der Waals surface area contributed by atoms with Crippen molar-refractivity contribution in [2.75, 3.05) is 31.4 Å². The van der Waals surface area contributed by atoms with Crippen molar-refractivity contribution in [1.29, 1.82) is 0 Å². The summed E-state index contributed by atoms with van der Waals surface area (Å²) >= 11 is 0. The Morgan fingerprint density at radius 2 is 1.71 bits per heavy atom. The first kappa shape index (κ1) is 17.8. The van der Waals surface area contributed by atoms with Crippen LogP contribution in [0.5, 0.6) is 11.5 Å². The molecule has 0 bridgehead atoms. The van der Waals surface area contributed by atoms with Crippen LogP contribution in [0.3, 0.4) is 0 Å². The van der Waals surface area contributed by atoms with Crippen LogP contribution in [0.2, 0.25) is 0 Å². The molecule has 1 aromatic heterocycles. The Balaban J connectivity index is 2.10. The van der Waals surface area contributed by atoms with Crippen molar-refractivity contribution in [2.45, 2.75) is 33.1 Å². The zero-order chi connectivity index (χ0) is 17.4. The summed E-state index contributed by atoms with van der Waals surface area (Å²) in [4.78, 5) is 8.86. The maximum Gasteiger partial charge on any atom is 0.162 e. The van der Waals surface area contributed by atoms with E-state index in [9.17, 15) is 0 Å². The van der Waals surface area contributed by atoms with Crippen LogP contribution in [0.25, 0.3) is 0 Å². The average molecular weight is 330 g/mol. The van der Waals surface area contributed by atoms with E-state index in [1.807, 2.05) is 31.2 Å². The molecular weight excluding hydrogens is 304 g/mol. The molecule has 1 heterocycles. The zero-order valence-electron chi connectivity index (χ0n) is 14.8. The minimum Gasteiger partial charge on any atom is -0.493 e. The van der Waals surface area contributed by atoms with Crippen LogP contribution in [-0.2, 0) is 0 Å². The van der Waals surface area contributed by atoms with Crippen molar-refractivity contribution >= 4 is 17.3 Å². The fraction of sp³-hybridized carbons (Fsp3) is 0.444. The number of ether oxygens (including phenoxy) is 2. The maximum atomic E-state index is 5.33. The molecule has 1 aromatic carbocycles. The van der Waals surface area contributed by atoms with E-state index in [4.69, 9.17) is 9.47 Å². The van der Waals surface area contributed by atoms with Gasteiger partial charge in [0.05, 0.1) is 14.2 Å². The normalized spacial score (nSPS) is 10.3. The van der Waals surface area contributed by atoms with Gasteiger partial charge in [0.25, 0.3) is 0 Å². The number of rotatable bonds is 9. The Hall–Kier alpha value is -2.50. The Bertz CT molecular complexity index is 661. The fourth-order valence-corrected chi connectivity index (χ4v) is 2.38. The van der Waals surface area contributed by atoms with E-state index in [0.29, 0.717) is 11.5 Å². The van der Waals surface area contributed by atoms with Crippen molar-refractivity contribution in [3.8, 4) is 11.5 Å². The molecule has 0 amide bonds. The molecule has 2 N–H and O–H groups in total. The number of nitrogens with zero attached hydrogens (tertiary/aromatic N) is 2. The summed E-state index contributed by atoms with van der Waals surface area (Å²) < 4.78 is 10.6. The summed E-state index contributed by atoms with van der Waals surface area (Å²) in [6.07, 6.45) is 3.56. The van der Waals surface area contributed by atoms with Crippen LogP contribution in [0.1, 0.15) is 32.0 Å². The molecule has 130 valence electrons. The second-order valence-electron chi connectivity index (χ2n) is 5.51. The molecule has 2 aromatic rings. The first-order valence-corrected chi connectivity index (χ1v) is 8.25. The van der Waals surface area contributed by atoms with Crippen LogP contribution in [0, 0.1) is 6.92 Å². The SMILES string of the molecule is CCCCCNc1cc(Nc2ccc(OC)c(OC)c2)nc(C)n1. The molecule has 0 spiro atoms. The predicted molar refractivity (Wildman–Crippen MR) is 97.6 cm³/mol. The number of nitrogens with one attached hydrogen (secondary N) is 2. The van der Waals surface area contributed by atoms with Crippen molar-refractivity contribution in [3.05, 3.63) is 30.1 Å². The van der Waals surface area contributed by atoms with E-state index in [1.54, 1.807) is 14.2 Å². The quantitative estimate of drug-likeness (QED) is 0.673. The highest BCUT2D eigenvalue weighted by atomic mass is 16.5. The van der Waals surface area contributed by atoms with Crippen molar-refractivity contribution in [3.63, 3.8) is 0 Å². The van der Waals surface area contributed by atoms with Crippen molar-refractivity contribution < 1.29 is 9.47 Å². The number of anilines is 3. The molecule has 0 radical (unpaired) electrons. The lowest BCUT2D eigenvalue weighted by molar-refractivity contribution is 0.355. The molecule has 2 rings (SSSR count). The Kier molecular flexibility index (Phi) is 6.66. The molecule has 0 saturated heterocycles. The van der Waals surface area contributed by atoms with Crippen molar-refractivity contribution in [2.24, 2.45) is 0 Å². The monoisotopic (exact) mass is 330 g/mol. The minimum atomic E-state index is 0.672. The van der Waals surface area contributed by atoms with Crippen LogP contribution >= 0.6 is 0 Å². The van der Waals surface area contributed by atoms with Crippen LogP contribution in [0.15, 0.2) is 24.3 Å². The molecule has 0 aliphatic carbocycles. The van der Waals surface area contributed by atoms with Gasteiger partial charge in [-0.25, -0.2) is 9.97 Å². The number of aryl methyl sites for hydroxylation is 1. The van der Waals surface area contributed by atoms with Gasteiger partial charge in [-0.15, -0.1) is 0 Å². The molecule has 0 aliphatic rings. The van der Waals surface area contributed by atoms with Gasteiger partial charge in [-0.2, -0.15) is 0 Å². The van der Waals surface area contributed by atoms with Gasteiger partial charge in [0.2, 0.25) is 0 Å². The van der Waals surface area contributed by atoms with Crippen LogP contribution in [-0.4, -0.2) is 30.7 Å². The van der Waals surface area contributed by atoms with Crippen LogP contribution < -0.4 is 20.1 Å². The lowest BCUT2D eigenvalue weighted by Crippen LogP contribution is -2.06. The summed E-state index contributed by atoms with van der Waals surface area (Å²) in [6, 6.07) is 7.58. The van der Waals surface area contributed by atoms with E-state index in [2.05, 4.69) is 27.5 Å². The number of hydrogen-bond donors (Lipinski definition) is 2. The van der Waals surface area contributed by atoms with Gasteiger partial charge < -0.3 is 20.1 Å². The van der Waals surface area contributed by atoms with Gasteiger partial charge in [0, 0.05) is 24.4 Å². The van der Waals surface area contributed by atoms with Crippen LogP contribution in [0.4, 0.5) is 17.3 Å². The Morgan fingerprint density at radius 1 is 0.958 bits per heavy atom. The molecule has 0 saturated carbocycles.